The SMILES string of the molecule is O=C1CSCC(=O)N1c1ccc(Cl)c(O)c1. The second-order valence-corrected chi connectivity index (χ2v) is 4.64. The topological polar surface area (TPSA) is 57.6 Å². The molecule has 0 atom stereocenters. The maximum absolute atomic E-state index is 11.6. The van der Waals surface area contributed by atoms with Crippen molar-refractivity contribution in [3.05, 3.63) is 23.2 Å². The number of halogens is 1. The third-order valence-corrected chi connectivity index (χ3v) is 3.36. The predicted octanol–water partition coefficient (Wildman–Crippen LogP) is 1.65. The number of hydrogen-bond donors (Lipinski definition) is 1. The molecule has 1 heterocycles. The fourth-order valence-corrected chi connectivity index (χ4v) is 2.25. The number of nitrogens with zero attached hydrogens (tertiary/aromatic N) is 1. The van der Waals surface area contributed by atoms with Crippen LogP contribution in [0.15, 0.2) is 18.2 Å². The van der Waals surface area contributed by atoms with Crippen LogP contribution < -0.4 is 4.90 Å². The van der Waals surface area contributed by atoms with Crippen LogP contribution in [0.2, 0.25) is 5.02 Å². The molecule has 1 aromatic carbocycles. The fraction of sp³-hybridized carbons (Fsp3) is 0.200. The number of hydrogen-bond acceptors (Lipinski definition) is 4. The van der Waals surface area contributed by atoms with Crippen molar-refractivity contribution < 1.29 is 14.7 Å². The van der Waals surface area contributed by atoms with Crippen LogP contribution >= 0.6 is 23.4 Å². The first kappa shape index (κ1) is 11.3. The van der Waals surface area contributed by atoms with Gasteiger partial charge in [0.1, 0.15) is 5.75 Å². The number of amides is 2. The summed E-state index contributed by atoms with van der Waals surface area (Å²) in [7, 11) is 0. The van der Waals surface area contributed by atoms with Gasteiger partial charge in [-0.2, -0.15) is 0 Å². The fourth-order valence-electron chi connectivity index (χ4n) is 1.42. The first-order valence-corrected chi connectivity index (χ1v) is 6.05. The van der Waals surface area contributed by atoms with Crippen molar-refractivity contribution in [2.75, 3.05) is 16.4 Å². The summed E-state index contributed by atoms with van der Waals surface area (Å²) in [5.74, 6) is -0.145. The molecule has 4 nitrogen and oxygen atoms in total. The summed E-state index contributed by atoms with van der Waals surface area (Å²) in [4.78, 5) is 24.2. The Morgan fingerprint density at radius 2 is 1.88 bits per heavy atom. The molecular weight excluding hydrogens is 250 g/mol. The molecule has 0 saturated carbocycles. The zero-order chi connectivity index (χ0) is 11.7. The Labute approximate surface area is 101 Å². The summed E-state index contributed by atoms with van der Waals surface area (Å²) in [6.45, 7) is 0. The molecule has 1 aliphatic rings. The molecule has 1 N–H and O–H groups in total. The number of phenolic OH excluding ortho intramolecular Hbond substituents is 1. The Bertz CT molecular complexity index is 447. The lowest BCUT2D eigenvalue weighted by atomic mass is 10.2. The van der Waals surface area contributed by atoms with E-state index in [4.69, 9.17) is 11.6 Å². The normalized spacial score (nSPS) is 16.7. The Morgan fingerprint density at radius 1 is 1.25 bits per heavy atom. The van der Waals surface area contributed by atoms with Crippen molar-refractivity contribution in [1.82, 2.24) is 0 Å². The molecule has 0 aromatic heterocycles. The standard InChI is InChI=1S/C10H8ClNO3S/c11-7-2-1-6(3-8(7)13)12-9(14)4-16-5-10(12)15/h1-3,13H,4-5H2. The van der Waals surface area contributed by atoms with Crippen molar-refractivity contribution in [2.24, 2.45) is 0 Å². The molecule has 1 fully saturated rings. The second kappa shape index (κ2) is 4.35. The summed E-state index contributed by atoms with van der Waals surface area (Å²) >= 11 is 6.94. The van der Waals surface area contributed by atoms with Crippen LogP contribution in [-0.2, 0) is 9.59 Å². The number of carbonyl (C=O) groups excluding carboxylic acids is 2. The first-order valence-electron chi connectivity index (χ1n) is 4.51. The molecule has 2 amide bonds. The van der Waals surface area contributed by atoms with Gasteiger partial charge in [0.05, 0.1) is 22.2 Å². The molecule has 0 aliphatic carbocycles. The number of carbonyl (C=O) groups is 2. The van der Waals surface area contributed by atoms with E-state index in [2.05, 4.69) is 0 Å². The summed E-state index contributed by atoms with van der Waals surface area (Å²) in [5.41, 5.74) is 0.359. The van der Waals surface area contributed by atoms with Gasteiger partial charge in [-0.15, -0.1) is 11.8 Å². The van der Waals surface area contributed by atoms with E-state index in [1.807, 2.05) is 0 Å². The highest BCUT2D eigenvalue weighted by atomic mass is 35.5. The molecule has 1 saturated heterocycles. The maximum atomic E-state index is 11.6. The lowest BCUT2D eigenvalue weighted by Gasteiger charge is -2.24. The van der Waals surface area contributed by atoms with Crippen LogP contribution in [0.25, 0.3) is 0 Å². The first-order chi connectivity index (χ1) is 7.59. The average molecular weight is 258 g/mol. The highest BCUT2D eigenvalue weighted by Crippen LogP contribution is 2.30. The molecule has 16 heavy (non-hydrogen) atoms. The molecule has 0 bridgehead atoms. The molecule has 0 spiro atoms. The van der Waals surface area contributed by atoms with Gasteiger partial charge in [0.2, 0.25) is 11.8 Å². The molecule has 1 aliphatic heterocycles. The molecule has 0 radical (unpaired) electrons. The Kier molecular flexibility index (Phi) is 3.07. The van der Waals surface area contributed by atoms with Gasteiger partial charge in [-0.3, -0.25) is 9.59 Å². The summed E-state index contributed by atoms with van der Waals surface area (Å²) in [6.07, 6.45) is 0. The van der Waals surface area contributed by atoms with E-state index in [1.54, 1.807) is 0 Å². The smallest absolute Gasteiger partial charge is 0.243 e. The van der Waals surface area contributed by atoms with E-state index in [-0.39, 0.29) is 34.1 Å². The molecule has 84 valence electrons. The number of imide groups is 1. The number of rotatable bonds is 1. The number of aromatic hydroxyl groups is 1. The lowest BCUT2D eigenvalue weighted by Crippen LogP contribution is -2.43. The number of phenols is 1. The average Bonchev–Trinajstić information content (AvgIpc) is 2.23. The zero-order valence-corrected chi connectivity index (χ0v) is 9.72. The van der Waals surface area contributed by atoms with Crippen LogP contribution in [0, 0.1) is 0 Å². The lowest BCUT2D eigenvalue weighted by molar-refractivity contribution is -0.124. The van der Waals surface area contributed by atoms with Gasteiger partial charge in [0, 0.05) is 6.07 Å². The molecule has 0 unspecified atom stereocenters. The summed E-state index contributed by atoms with van der Waals surface area (Å²) in [6, 6.07) is 4.30. The van der Waals surface area contributed by atoms with Crippen LogP contribution in [0.1, 0.15) is 0 Å². The van der Waals surface area contributed by atoms with E-state index in [1.165, 1.54) is 30.0 Å². The predicted molar refractivity (Wildman–Crippen MR) is 62.9 cm³/mol. The Morgan fingerprint density at radius 3 is 2.44 bits per heavy atom. The molecule has 6 heteroatoms. The molecule has 1 aromatic rings. The maximum Gasteiger partial charge on any atom is 0.243 e. The van der Waals surface area contributed by atoms with E-state index in [0.29, 0.717) is 5.69 Å². The third kappa shape index (κ3) is 2.01. The minimum atomic E-state index is -0.275. The van der Waals surface area contributed by atoms with E-state index < -0.39 is 0 Å². The van der Waals surface area contributed by atoms with E-state index >= 15 is 0 Å². The van der Waals surface area contributed by atoms with Crippen LogP contribution in [-0.4, -0.2) is 28.4 Å². The Balaban J connectivity index is 2.38. The Hall–Kier alpha value is -1.20. The van der Waals surface area contributed by atoms with Gasteiger partial charge in [-0.25, -0.2) is 4.90 Å². The van der Waals surface area contributed by atoms with Gasteiger partial charge in [0.15, 0.2) is 0 Å². The van der Waals surface area contributed by atoms with Crippen molar-refractivity contribution >= 4 is 40.9 Å². The van der Waals surface area contributed by atoms with Crippen molar-refractivity contribution in [1.29, 1.82) is 0 Å². The monoisotopic (exact) mass is 257 g/mol. The number of benzene rings is 1. The number of anilines is 1. The summed E-state index contributed by atoms with van der Waals surface area (Å²) < 4.78 is 0. The zero-order valence-electron chi connectivity index (χ0n) is 8.14. The molecule has 2 rings (SSSR count). The van der Waals surface area contributed by atoms with Crippen molar-refractivity contribution in [2.45, 2.75) is 0 Å². The van der Waals surface area contributed by atoms with E-state index in [9.17, 15) is 14.7 Å². The van der Waals surface area contributed by atoms with Gasteiger partial charge in [-0.05, 0) is 12.1 Å². The van der Waals surface area contributed by atoms with Crippen LogP contribution in [0.4, 0.5) is 5.69 Å². The summed E-state index contributed by atoms with van der Waals surface area (Å²) in [5, 5.41) is 9.61. The van der Waals surface area contributed by atoms with Gasteiger partial charge < -0.3 is 5.11 Å². The van der Waals surface area contributed by atoms with Crippen molar-refractivity contribution in [3.8, 4) is 5.75 Å². The van der Waals surface area contributed by atoms with Gasteiger partial charge in [-0.1, -0.05) is 11.6 Å². The van der Waals surface area contributed by atoms with Gasteiger partial charge in [0.25, 0.3) is 0 Å². The van der Waals surface area contributed by atoms with Gasteiger partial charge >= 0.3 is 0 Å². The second-order valence-electron chi connectivity index (χ2n) is 3.25. The van der Waals surface area contributed by atoms with E-state index in [0.717, 1.165) is 4.90 Å². The minimum absolute atomic E-state index is 0.141. The third-order valence-electron chi connectivity index (χ3n) is 2.14. The highest BCUT2D eigenvalue weighted by molar-refractivity contribution is 8.00. The van der Waals surface area contributed by atoms with Crippen LogP contribution in [0.3, 0.4) is 0 Å². The van der Waals surface area contributed by atoms with Crippen LogP contribution in [0.5, 0.6) is 5.75 Å². The number of thioether (sulfide) groups is 1. The quantitative estimate of drug-likeness (QED) is 0.778. The minimum Gasteiger partial charge on any atom is -0.506 e. The highest BCUT2D eigenvalue weighted by Gasteiger charge is 2.28. The van der Waals surface area contributed by atoms with Crippen molar-refractivity contribution in [3.63, 3.8) is 0 Å². The largest absolute Gasteiger partial charge is 0.506 e. The molecular formula is C10H8ClNO3S.